The summed E-state index contributed by atoms with van der Waals surface area (Å²) in [6.07, 6.45) is 4.29. The van der Waals surface area contributed by atoms with Crippen LogP contribution < -0.4 is 0 Å². The highest BCUT2D eigenvalue weighted by molar-refractivity contribution is 5.80. The molecule has 1 aliphatic rings. The molecule has 0 radical (unpaired) electrons. The van der Waals surface area contributed by atoms with Crippen LogP contribution in [0.5, 0.6) is 0 Å². The Bertz CT molecular complexity index is 420. The molecule has 3 N–H and O–H groups in total. The van der Waals surface area contributed by atoms with Gasteiger partial charge in [0.25, 0.3) is 5.79 Å². The van der Waals surface area contributed by atoms with Crippen LogP contribution in [0.3, 0.4) is 0 Å². The van der Waals surface area contributed by atoms with Crippen LogP contribution in [0.4, 0.5) is 0 Å². The van der Waals surface area contributed by atoms with Crippen molar-refractivity contribution in [3.05, 3.63) is 36.0 Å². The summed E-state index contributed by atoms with van der Waals surface area (Å²) in [5.41, 5.74) is 0.386. The second-order valence-corrected chi connectivity index (χ2v) is 3.46. The molecule has 6 heteroatoms. The lowest BCUT2D eigenvalue weighted by Crippen LogP contribution is -2.44. The molecule has 92 valence electrons. The first kappa shape index (κ1) is 13.1. The number of aliphatic carboxylic acids is 1. The average molecular weight is 240 g/mol. The summed E-state index contributed by atoms with van der Waals surface area (Å²) in [5.74, 6) is -3.98. The van der Waals surface area contributed by atoms with E-state index in [9.17, 15) is 19.8 Å². The first-order valence-corrected chi connectivity index (χ1v) is 4.75. The van der Waals surface area contributed by atoms with Gasteiger partial charge in [0.1, 0.15) is 6.10 Å². The molecule has 0 heterocycles. The molecule has 0 spiro atoms. The monoisotopic (exact) mass is 240 g/mol. The van der Waals surface area contributed by atoms with Gasteiger partial charge in [-0.1, -0.05) is 6.08 Å². The topological polar surface area (TPSA) is 104 Å². The number of carbonyl (C=O) groups is 2. The van der Waals surface area contributed by atoms with E-state index in [1.165, 1.54) is 18.2 Å². The molecule has 0 aromatic rings. The third kappa shape index (κ3) is 3.54. The number of carboxylic acids is 1. The third-order valence-corrected chi connectivity index (χ3v) is 2.01. The lowest BCUT2D eigenvalue weighted by atomic mass is 9.99. The van der Waals surface area contributed by atoms with Crippen molar-refractivity contribution in [3.8, 4) is 0 Å². The van der Waals surface area contributed by atoms with Crippen molar-refractivity contribution in [1.29, 1.82) is 0 Å². The van der Waals surface area contributed by atoms with E-state index in [1.807, 2.05) is 0 Å². The van der Waals surface area contributed by atoms with Gasteiger partial charge < -0.3 is 20.1 Å². The molecule has 0 amide bonds. The molecule has 0 saturated carbocycles. The smallest absolute Gasteiger partial charge is 0.328 e. The summed E-state index contributed by atoms with van der Waals surface area (Å²) in [6, 6.07) is 0. The highest BCUT2D eigenvalue weighted by atomic mass is 16.7. The van der Waals surface area contributed by atoms with Gasteiger partial charge in [-0.05, 0) is 23.8 Å². The fraction of sp³-hybridized carbons (Fsp3) is 0.273. The minimum Gasteiger partial charge on any atom is -0.478 e. The summed E-state index contributed by atoms with van der Waals surface area (Å²) in [5, 5.41) is 27.7. The van der Waals surface area contributed by atoms with Gasteiger partial charge in [-0.15, -0.1) is 0 Å². The van der Waals surface area contributed by atoms with Gasteiger partial charge in [-0.25, -0.2) is 4.79 Å². The van der Waals surface area contributed by atoms with Crippen molar-refractivity contribution in [2.45, 2.75) is 18.8 Å². The number of hydrogen-bond donors (Lipinski definition) is 3. The number of esters is 1. The maximum atomic E-state index is 10.7. The zero-order chi connectivity index (χ0) is 13.1. The zero-order valence-electron chi connectivity index (χ0n) is 9.03. The maximum absolute atomic E-state index is 10.7. The predicted octanol–water partition coefficient (Wildman–Crippen LogP) is -0.264. The molecule has 1 rings (SSSR count). The Morgan fingerprint density at radius 2 is 2.18 bits per heavy atom. The van der Waals surface area contributed by atoms with Gasteiger partial charge >= 0.3 is 11.9 Å². The standard InChI is InChI=1S/C11H12O6/c1-7(12)17-11(16)5-4-8(6-9(11)13)2-3-10(14)15/h2-6,9,13,16H,1H3,(H,14,15)/b3-2-. The van der Waals surface area contributed by atoms with E-state index in [2.05, 4.69) is 4.74 Å². The molecular weight excluding hydrogens is 228 g/mol. The fourth-order valence-electron chi connectivity index (χ4n) is 1.27. The molecule has 1 aliphatic carbocycles. The Morgan fingerprint density at radius 3 is 2.65 bits per heavy atom. The fourth-order valence-corrected chi connectivity index (χ4v) is 1.27. The van der Waals surface area contributed by atoms with Crippen molar-refractivity contribution < 1.29 is 29.6 Å². The van der Waals surface area contributed by atoms with Gasteiger partial charge in [0.05, 0.1) is 0 Å². The van der Waals surface area contributed by atoms with Crippen molar-refractivity contribution in [2.75, 3.05) is 0 Å². The van der Waals surface area contributed by atoms with Crippen LogP contribution >= 0.6 is 0 Å². The van der Waals surface area contributed by atoms with Crippen LogP contribution in [-0.4, -0.2) is 39.1 Å². The molecule has 17 heavy (non-hydrogen) atoms. The van der Waals surface area contributed by atoms with E-state index in [-0.39, 0.29) is 0 Å². The van der Waals surface area contributed by atoms with Crippen molar-refractivity contribution in [1.82, 2.24) is 0 Å². The van der Waals surface area contributed by atoms with Crippen LogP contribution in [0.2, 0.25) is 0 Å². The Hall–Kier alpha value is -1.92. The van der Waals surface area contributed by atoms with Gasteiger partial charge in [-0.3, -0.25) is 4.79 Å². The number of carboxylic acid groups (broad SMARTS) is 1. The number of rotatable bonds is 3. The Morgan fingerprint density at radius 1 is 1.53 bits per heavy atom. The molecule has 0 fully saturated rings. The number of aliphatic hydroxyl groups is 2. The number of allylic oxidation sites excluding steroid dienone is 3. The van der Waals surface area contributed by atoms with Crippen LogP contribution in [0, 0.1) is 0 Å². The number of ether oxygens (including phenoxy) is 1. The summed E-state index contributed by atoms with van der Waals surface area (Å²) < 4.78 is 4.56. The van der Waals surface area contributed by atoms with Crippen molar-refractivity contribution in [2.24, 2.45) is 0 Å². The maximum Gasteiger partial charge on any atom is 0.328 e. The molecular formula is C11H12O6. The lowest BCUT2D eigenvalue weighted by Gasteiger charge is -2.29. The number of hydrogen-bond acceptors (Lipinski definition) is 5. The van der Waals surface area contributed by atoms with Crippen molar-refractivity contribution >= 4 is 11.9 Å². The quantitative estimate of drug-likeness (QED) is 0.356. The minimum absolute atomic E-state index is 0.386. The van der Waals surface area contributed by atoms with E-state index in [0.717, 1.165) is 19.1 Å². The van der Waals surface area contributed by atoms with Gasteiger partial charge in [0, 0.05) is 13.0 Å². The van der Waals surface area contributed by atoms with E-state index < -0.39 is 23.8 Å². The van der Waals surface area contributed by atoms with Gasteiger partial charge in [0.15, 0.2) is 0 Å². The summed E-state index contributed by atoms with van der Waals surface area (Å²) >= 11 is 0. The largest absolute Gasteiger partial charge is 0.478 e. The summed E-state index contributed by atoms with van der Waals surface area (Å²) in [7, 11) is 0. The first-order chi connectivity index (χ1) is 7.83. The van der Waals surface area contributed by atoms with E-state index in [0.29, 0.717) is 5.57 Å². The van der Waals surface area contributed by atoms with Gasteiger partial charge in [-0.2, -0.15) is 0 Å². The van der Waals surface area contributed by atoms with E-state index in [1.54, 1.807) is 0 Å². The first-order valence-electron chi connectivity index (χ1n) is 4.75. The predicted molar refractivity (Wildman–Crippen MR) is 56.7 cm³/mol. The van der Waals surface area contributed by atoms with Crippen molar-refractivity contribution in [3.63, 3.8) is 0 Å². The number of carbonyl (C=O) groups excluding carboxylic acids is 1. The molecule has 0 aliphatic heterocycles. The second kappa shape index (κ2) is 4.94. The molecule has 2 atom stereocenters. The average Bonchev–Trinajstić information content (AvgIpc) is 2.19. The molecule has 2 unspecified atom stereocenters. The third-order valence-electron chi connectivity index (χ3n) is 2.01. The Labute approximate surface area is 97.1 Å². The highest BCUT2D eigenvalue weighted by Crippen LogP contribution is 2.23. The van der Waals surface area contributed by atoms with Crippen LogP contribution in [-0.2, 0) is 14.3 Å². The van der Waals surface area contributed by atoms with E-state index >= 15 is 0 Å². The minimum atomic E-state index is -2.10. The normalized spacial score (nSPS) is 27.9. The second-order valence-electron chi connectivity index (χ2n) is 3.46. The lowest BCUT2D eigenvalue weighted by molar-refractivity contribution is -0.212. The SMILES string of the molecule is CC(=O)OC1(O)C=CC(/C=C\C(=O)O)=CC1O. The highest BCUT2D eigenvalue weighted by Gasteiger charge is 2.37. The molecule has 0 aromatic carbocycles. The van der Waals surface area contributed by atoms with Gasteiger partial charge in [0.2, 0.25) is 0 Å². The Balaban J connectivity index is 2.82. The zero-order valence-corrected chi connectivity index (χ0v) is 9.03. The Kier molecular flexibility index (Phi) is 3.82. The van der Waals surface area contributed by atoms with E-state index in [4.69, 9.17) is 5.11 Å². The molecule has 6 nitrogen and oxygen atoms in total. The molecule has 0 aromatic heterocycles. The van der Waals surface area contributed by atoms with Crippen LogP contribution in [0.15, 0.2) is 36.0 Å². The van der Waals surface area contributed by atoms with Crippen LogP contribution in [0.25, 0.3) is 0 Å². The summed E-state index contributed by atoms with van der Waals surface area (Å²) in [6.45, 7) is 1.10. The van der Waals surface area contributed by atoms with Crippen LogP contribution in [0.1, 0.15) is 6.92 Å². The summed E-state index contributed by atoms with van der Waals surface area (Å²) in [4.78, 5) is 21.0. The molecule has 0 saturated heterocycles. The number of aliphatic hydroxyl groups excluding tert-OH is 1. The molecule has 0 bridgehead atoms.